The van der Waals surface area contributed by atoms with Gasteiger partial charge in [-0.25, -0.2) is 4.57 Å². The predicted molar refractivity (Wildman–Crippen MR) is 98.0 cm³/mol. The van der Waals surface area contributed by atoms with E-state index in [1.807, 2.05) is 19.2 Å². The van der Waals surface area contributed by atoms with Gasteiger partial charge in [-0.2, -0.15) is 0 Å². The molecule has 2 heterocycles. The molecule has 3 rings (SSSR count). The van der Waals surface area contributed by atoms with Gasteiger partial charge in [-0.1, -0.05) is 4.98 Å². The molecule has 0 N–H and O–H groups in total. The van der Waals surface area contributed by atoms with Crippen LogP contribution in [0, 0.1) is 20.8 Å². The Balaban J connectivity index is 2.09. The van der Waals surface area contributed by atoms with Crippen molar-refractivity contribution in [2.75, 3.05) is 4.90 Å². The molecule has 0 bridgehead atoms. The fourth-order valence-electron chi connectivity index (χ4n) is 3.47. The van der Waals surface area contributed by atoms with Crippen molar-refractivity contribution in [2.24, 2.45) is 0 Å². The molecule has 0 amide bonds. The van der Waals surface area contributed by atoms with Crippen molar-refractivity contribution in [3.8, 4) is 5.69 Å². The third kappa shape index (κ3) is 2.77. The predicted octanol–water partition coefficient (Wildman–Crippen LogP) is 3.63. The van der Waals surface area contributed by atoms with Crippen LogP contribution in [0.1, 0.15) is 37.7 Å². The summed E-state index contributed by atoms with van der Waals surface area (Å²) in [6.07, 6.45) is 8.62. The van der Waals surface area contributed by atoms with Gasteiger partial charge in [0.25, 0.3) is 5.82 Å². The standard InChI is InChI=1S/C20H27N4/c1-14(2)22-10-11-24(18(22)6)20-13-15(3)12-19(16(20)4)23-9-7-8-21-17(23)5/h7-14,18H,1-6H3/q+1/t18-/m1/s1. The second-order valence-electron chi connectivity index (χ2n) is 6.84. The molecule has 2 aromatic rings. The second-order valence-corrected chi connectivity index (χ2v) is 6.84. The van der Waals surface area contributed by atoms with E-state index in [0.29, 0.717) is 12.2 Å². The zero-order valence-electron chi connectivity index (χ0n) is 15.5. The summed E-state index contributed by atoms with van der Waals surface area (Å²) >= 11 is 0. The van der Waals surface area contributed by atoms with Gasteiger partial charge in [0.2, 0.25) is 0 Å². The SMILES string of the molecule is Cc1cc(N2C=CN(C(C)C)[C@H]2C)c(C)c(-[n+]2cccnc2C)c1. The lowest BCUT2D eigenvalue weighted by atomic mass is 10.1. The van der Waals surface area contributed by atoms with Crippen molar-refractivity contribution in [1.82, 2.24) is 9.88 Å². The Morgan fingerprint density at radius 3 is 2.50 bits per heavy atom. The average molecular weight is 323 g/mol. The van der Waals surface area contributed by atoms with Crippen molar-refractivity contribution >= 4 is 5.69 Å². The summed E-state index contributed by atoms with van der Waals surface area (Å²) in [4.78, 5) is 9.17. The molecular weight excluding hydrogens is 296 g/mol. The van der Waals surface area contributed by atoms with Crippen LogP contribution in [0.4, 0.5) is 5.69 Å². The number of nitrogens with zero attached hydrogens (tertiary/aromatic N) is 4. The van der Waals surface area contributed by atoms with Crippen LogP contribution >= 0.6 is 0 Å². The molecule has 1 aromatic carbocycles. The summed E-state index contributed by atoms with van der Waals surface area (Å²) in [7, 11) is 0. The maximum atomic E-state index is 4.43. The van der Waals surface area contributed by atoms with Gasteiger partial charge in [0, 0.05) is 42.7 Å². The maximum absolute atomic E-state index is 4.43. The van der Waals surface area contributed by atoms with Gasteiger partial charge < -0.3 is 9.80 Å². The number of aromatic nitrogens is 2. The van der Waals surface area contributed by atoms with Crippen LogP contribution < -0.4 is 9.47 Å². The van der Waals surface area contributed by atoms with E-state index in [1.165, 1.54) is 22.5 Å². The smallest absolute Gasteiger partial charge is 0.300 e. The Kier molecular flexibility index (Phi) is 4.31. The van der Waals surface area contributed by atoms with Gasteiger partial charge in [0.1, 0.15) is 24.2 Å². The van der Waals surface area contributed by atoms with E-state index in [2.05, 4.69) is 84.7 Å². The molecule has 1 atom stereocenters. The molecule has 0 spiro atoms. The summed E-state index contributed by atoms with van der Waals surface area (Å²) in [5, 5.41) is 0. The maximum Gasteiger partial charge on any atom is 0.300 e. The van der Waals surface area contributed by atoms with E-state index in [-0.39, 0.29) is 0 Å². The van der Waals surface area contributed by atoms with Crippen molar-refractivity contribution in [2.45, 2.75) is 53.8 Å². The minimum atomic E-state index is 0.318. The molecule has 1 aliphatic heterocycles. The molecule has 1 aliphatic rings. The van der Waals surface area contributed by atoms with Crippen LogP contribution in [-0.2, 0) is 0 Å². The van der Waals surface area contributed by atoms with Gasteiger partial charge in [-0.15, -0.1) is 0 Å². The fraction of sp³-hybridized carbons (Fsp3) is 0.400. The van der Waals surface area contributed by atoms with Crippen molar-refractivity contribution < 1.29 is 4.57 Å². The topological polar surface area (TPSA) is 23.2 Å². The molecule has 126 valence electrons. The third-order valence-electron chi connectivity index (χ3n) is 4.80. The lowest BCUT2D eigenvalue weighted by Crippen LogP contribution is -2.40. The monoisotopic (exact) mass is 323 g/mol. The third-order valence-corrected chi connectivity index (χ3v) is 4.80. The molecular formula is C20H27N4+. The van der Waals surface area contributed by atoms with Gasteiger partial charge in [-0.3, -0.25) is 0 Å². The molecule has 24 heavy (non-hydrogen) atoms. The number of benzene rings is 1. The van der Waals surface area contributed by atoms with Crippen molar-refractivity contribution in [3.05, 3.63) is 59.9 Å². The molecule has 1 aromatic heterocycles. The Bertz CT molecular complexity index is 779. The van der Waals surface area contributed by atoms with Gasteiger partial charge >= 0.3 is 0 Å². The normalized spacial score (nSPS) is 17.2. The number of anilines is 1. The minimum absolute atomic E-state index is 0.318. The van der Waals surface area contributed by atoms with Crippen molar-refractivity contribution in [3.63, 3.8) is 0 Å². The number of aryl methyl sites for hydroxylation is 2. The highest BCUT2D eigenvalue weighted by molar-refractivity contribution is 5.63. The molecule has 0 radical (unpaired) electrons. The number of hydrogen-bond donors (Lipinski definition) is 0. The molecule has 0 unspecified atom stereocenters. The second kappa shape index (κ2) is 6.27. The highest BCUT2D eigenvalue weighted by Crippen LogP contribution is 2.31. The summed E-state index contributed by atoms with van der Waals surface area (Å²) in [6.45, 7) is 13.1. The zero-order valence-corrected chi connectivity index (χ0v) is 15.5. The first kappa shape index (κ1) is 16.5. The van der Waals surface area contributed by atoms with Crippen LogP contribution in [0.5, 0.6) is 0 Å². The first-order chi connectivity index (χ1) is 11.4. The van der Waals surface area contributed by atoms with E-state index in [0.717, 1.165) is 5.82 Å². The van der Waals surface area contributed by atoms with Crippen LogP contribution in [0.25, 0.3) is 5.69 Å². The average Bonchev–Trinajstić information content (AvgIpc) is 2.92. The first-order valence-electron chi connectivity index (χ1n) is 8.59. The first-order valence-corrected chi connectivity index (χ1v) is 8.59. The van der Waals surface area contributed by atoms with Crippen LogP contribution in [0.15, 0.2) is 43.0 Å². The number of rotatable bonds is 3. The molecule has 0 aliphatic carbocycles. The van der Waals surface area contributed by atoms with Crippen molar-refractivity contribution in [1.29, 1.82) is 0 Å². The Labute approximate surface area is 145 Å². The highest BCUT2D eigenvalue weighted by Gasteiger charge is 2.27. The molecule has 0 fully saturated rings. The van der Waals surface area contributed by atoms with Gasteiger partial charge in [-0.05, 0) is 52.3 Å². The zero-order chi connectivity index (χ0) is 17.4. The summed E-state index contributed by atoms with van der Waals surface area (Å²) in [5.41, 5.74) is 4.97. The lowest BCUT2D eigenvalue weighted by molar-refractivity contribution is -0.606. The summed E-state index contributed by atoms with van der Waals surface area (Å²) in [5.74, 6) is 0.992. The van der Waals surface area contributed by atoms with Gasteiger partial charge in [0.15, 0.2) is 0 Å². The van der Waals surface area contributed by atoms with Gasteiger partial charge in [0.05, 0.1) is 0 Å². The molecule has 0 saturated heterocycles. The highest BCUT2D eigenvalue weighted by atomic mass is 15.4. The van der Waals surface area contributed by atoms with Crippen LogP contribution in [0.2, 0.25) is 0 Å². The van der Waals surface area contributed by atoms with E-state index in [9.17, 15) is 0 Å². The largest absolute Gasteiger partial charge is 0.353 e. The van der Waals surface area contributed by atoms with Crippen LogP contribution in [0.3, 0.4) is 0 Å². The fourth-order valence-corrected chi connectivity index (χ4v) is 3.47. The number of hydrogen-bond acceptors (Lipinski definition) is 3. The Morgan fingerprint density at radius 1 is 1.12 bits per heavy atom. The van der Waals surface area contributed by atoms with Crippen LogP contribution in [-0.4, -0.2) is 22.1 Å². The quantitative estimate of drug-likeness (QED) is 0.806. The van der Waals surface area contributed by atoms with E-state index >= 15 is 0 Å². The molecule has 0 saturated carbocycles. The summed E-state index contributed by atoms with van der Waals surface area (Å²) in [6, 6.07) is 6.97. The Hall–Kier alpha value is -2.36. The Morgan fingerprint density at radius 2 is 1.88 bits per heavy atom. The summed E-state index contributed by atoms with van der Waals surface area (Å²) < 4.78 is 2.16. The lowest BCUT2D eigenvalue weighted by Gasteiger charge is -2.33. The van der Waals surface area contributed by atoms with E-state index in [4.69, 9.17) is 0 Å². The molecule has 4 nitrogen and oxygen atoms in total. The van der Waals surface area contributed by atoms with E-state index < -0.39 is 0 Å². The minimum Gasteiger partial charge on any atom is -0.353 e. The van der Waals surface area contributed by atoms with E-state index in [1.54, 1.807) is 0 Å². The molecule has 4 heteroatoms.